The lowest BCUT2D eigenvalue weighted by molar-refractivity contribution is -0.152. The largest absolute Gasteiger partial charge is 0.462 e. The molecule has 0 aromatic rings. The Bertz CT molecular complexity index is 712. The van der Waals surface area contributed by atoms with Crippen LogP contribution < -0.4 is 0 Å². The molecule has 0 amide bonds. The molecule has 208 valence electrons. The van der Waals surface area contributed by atoms with Crippen LogP contribution in [-0.4, -0.2) is 68.1 Å². The molecule has 1 rings (SSSR count). The van der Waals surface area contributed by atoms with Crippen molar-refractivity contribution < 1.29 is 35.1 Å². The summed E-state index contributed by atoms with van der Waals surface area (Å²) in [4.78, 5) is 12.5. The van der Waals surface area contributed by atoms with Crippen LogP contribution in [0.15, 0.2) is 36.0 Å². The molecule has 1 heterocycles. The summed E-state index contributed by atoms with van der Waals surface area (Å²) >= 11 is 0. The highest BCUT2D eigenvalue weighted by Crippen LogP contribution is 2.24. The molecule has 0 bridgehead atoms. The van der Waals surface area contributed by atoms with Gasteiger partial charge in [-0.1, -0.05) is 56.7 Å². The van der Waals surface area contributed by atoms with Gasteiger partial charge in [-0.05, 0) is 70.6 Å². The predicted molar refractivity (Wildman–Crippen MR) is 142 cm³/mol. The highest BCUT2D eigenvalue weighted by Gasteiger charge is 2.30. The highest BCUT2D eigenvalue weighted by atomic mass is 16.5. The Morgan fingerprint density at radius 2 is 1.67 bits per heavy atom. The number of carbonyl (C=O) groups is 1. The number of cyclic esters (lactones) is 1. The minimum atomic E-state index is -1.34. The van der Waals surface area contributed by atoms with E-state index < -0.39 is 42.6 Å². The number of esters is 1. The molecular formula is C29H50O7. The van der Waals surface area contributed by atoms with Gasteiger partial charge >= 0.3 is 5.97 Å². The van der Waals surface area contributed by atoms with E-state index in [1.54, 1.807) is 6.92 Å². The molecule has 1 unspecified atom stereocenters. The molecule has 7 heteroatoms. The van der Waals surface area contributed by atoms with E-state index in [1.807, 2.05) is 13.0 Å². The number of ether oxygens (including phenoxy) is 1. The number of rotatable bonds is 6. The van der Waals surface area contributed by atoms with Crippen LogP contribution in [0.4, 0.5) is 0 Å². The van der Waals surface area contributed by atoms with Crippen molar-refractivity contribution >= 4 is 5.97 Å². The third-order valence-electron chi connectivity index (χ3n) is 6.93. The van der Waals surface area contributed by atoms with Crippen molar-refractivity contribution in [2.24, 2.45) is 17.8 Å². The Hall–Kier alpha value is -1.51. The zero-order chi connectivity index (χ0) is 27.3. The van der Waals surface area contributed by atoms with Gasteiger partial charge in [-0.2, -0.15) is 0 Å². The minimum absolute atomic E-state index is 0.0470. The van der Waals surface area contributed by atoms with Crippen LogP contribution in [0.3, 0.4) is 0 Å². The summed E-state index contributed by atoms with van der Waals surface area (Å²) in [5.74, 6) is -0.477. The van der Waals surface area contributed by atoms with Gasteiger partial charge in [0.15, 0.2) is 0 Å². The summed E-state index contributed by atoms with van der Waals surface area (Å²) in [6, 6.07) is 0. The zero-order valence-corrected chi connectivity index (χ0v) is 22.8. The summed E-state index contributed by atoms with van der Waals surface area (Å²) < 4.78 is 5.76. The third kappa shape index (κ3) is 13.2. The van der Waals surface area contributed by atoms with E-state index in [0.717, 1.165) is 6.42 Å². The molecule has 5 N–H and O–H groups in total. The van der Waals surface area contributed by atoms with Crippen molar-refractivity contribution in [3.05, 3.63) is 36.0 Å². The molecule has 0 spiro atoms. The van der Waals surface area contributed by atoms with Crippen LogP contribution in [0, 0.1) is 17.8 Å². The molecule has 9 atom stereocenters. The number of allylic oxidation sites excluding steroid dienone is 5. The summed E-state index contributed by atoms with van der Waals surface area (Å²) in [6.45, 7) is 9.95. The van der Waals surface area contributed by atoms with E-state index in [-0.39, 0.29) is 43.9 Å². The van der Waals surface area contributed by atoms with Crippen molar-refractivity contribution in [2.45, 2.75) is 123 Å². The Labute approximate surface area is 217 Å². The fourth-order valence-corrected chi connectivity index (χ4v) is 4.35. The average molecular weight is 511 g/mol. The lowest BCUT2D eigenvalue weighted by Gasteiger charge is -2.29. The molecule has 0 radical (unpaired) electrons. The van der Waals surface area contributed by atoms with Crippen molar-refractivity contribution in [3.63, 3.8) is 0 Å². The Balaban J connectivity index is 2.86. The molecule has 0 aromatic carbocycles. The van der Waals surface area contributed by atoms with E-state index in [1.165, 1.54) is 5.57 Å². The Morgan fingerprint density at radius 3 is 2.33 bits per heavy atom. The highest BCUT2D eigenvalue weighted by molar-refractivity contribution is 5.69. The van der Waals surface area contributed by atoms with E-state index in [9.17, 15) is 30.3 Å². The maximum atomic E-state index is 12.5. The molecule has 0 saturated carbocycles. The molecule has 0 aliphatic carbocycles. The van der Waals surface area contributed by atoms with Gasteiger partial charge in [0.25, 0.3) is 0 Å². The number of aliphatic hydroxyl groups is 5. The van der Waals surface area contributed by atoms with E-state index in [0.29, 0.717) is 18.8 Å². The molecular weight excluding hydrogens is 460 g/mol. The molecule has 1 aliphatic heterocycles. The van der Waals surface area contributed by atoms with Gasteiger partial charge in [-0.15, -0.1) is 0 Å². The van der Waals surface area contributed by atoms with Crippen molar-refractivity contribution in [1.82, 2.24) is 0 Å². The normalized spacial score (nSPS) is 33.8. The second-order valence-corrected chi connectivity index (χ2v) is 10.9. The van der Waals surface area contributed by atoms with Crippen LogP contribution in [0.1, 0.15) is 86.0 Å². The second kappa shape index (κ2) is 17.1. The SMILES string of the molecule is CC(C)=C/C=C/C(C)C/C=C/[C@@H](C)[C@@H]1CCC[C@@H](O)[C@@H](O)[C@@H](O)C[C@@H](C)[C@@H](O)C[C@@H](O)CCC(=O)O1. The van der Waals surface area contributed by atoms with Crippen LogP contribution in [-0.2, 0) is 9.53 Å². The topological polar surface area (TPSA) is 127 Å². The van der Waals surface area contributed by atoms with Gasteiger partial charge in [0.05, 0.1) is 24.4 Å². The molecule has 1 saturated heterocycles. The molecule has 1 aliphatic rings. The van der Waals surface area contributed by atoms with Gasteiger partial charge in [-0.3, -0.25) is 4.79 Å². The number of aliphatic hydroxyl groups excluding tert-OH is 5. The lowest BCUT2D eigenvalue weighted by Crippen LogP contribution is -2.40. The first-order valence-electron chi connectivity index (χ1n) is 13.5. The first-order chi connectivity index (χ1) is 16.9. The quantitative estimate of drug-likeness (QED) is 0.209. The standard InChI is InChI=1S/C29H50O7/c1-19(2)9-6-10-20(3)11-7-12-21(4)27-14-8-13-24(31)29(35)26(33)17-22(5)25(32)18-23(30)15-16-28(34)36-27/h6-7,9-10,12,20-27,29-33,35H,8,11,13-18H2,1-5H3/b10-6+,12-7+/t20?,21-,22-,23+,24-,25+,26+,27+,29-/m1/s1. The third-order valence-corrected chi connectivity index (χ3v) is 6.93. The van der Waals surface area contributed by atoms with Crippen molar-refractivity contribution in [1.29, 1.82) is 0 Å². The minimum Gasteiger partial charge on any atom is -0.462 e. The molecule has 7 nitrogen and oxygen atoms in total. The van der Waals surface area contributed by atoms with Crippen molar-refractivity contribution in [2.75, 3.05) is 0 Å². The second-order valence-electron chi connectivity index (χ2n) is 10.9. The van der Waals surface area contributed by atoms with E-state index in [4.69, 9.17) is 4.74 Å². The zero-order valence-electron chi connectivity index (χ0n) is 22.8. The smallest absolute Gasteiger partial charge is 0.306 e. The summed E-state index contributed by atoms with van der Waals surface area (Å²) in [5, 5.41) is 51.7. The number of carbonyl (C=O) groups excluding carboxylic acids is 1. The maximum absolute atomic E-state index is 12.5. The van der Waals surface area contributed by atoms with Crippen molar-refractivity contribution in [3.8, 4) is 0 Å². The fourth-order valence-electron chi connectivity index (χ4n) is 4.35. The van der Waals surface area contributed by atoms with E-state index >= 15 is 0 Å². The van der Waals surface area contributed by atoms with Crippen LogP contribution >= 0.6 is 0 Å². The average Bonchev–Trinajstić information content (AvgIpc) is 2.80. The van der Waals surface area contributed by atoms with Crippen LogP contribution in [0.2, 0.25) is 0 Å². The van der Waals surface area contributed by atoms with Gasteiger partial charge in [0, 0.05) is 12.3 Å². The molecule has 36 heavy (non-hydrogen) atoms. The van der Waals surface area contributed by atoms with Crippen LogP contribution in [0.5, 0.6) is 0 Å². The molecule has 1 fully saturated rings. The maximum Gasteiger partial charge on any atom is 0.306 e. The fraction of sp³-hybridized carbons (Fsp3) is 0.759. The van der Waals surface area contributed by atoms with Crippen LogP contribution in [0.25, 0.3) is 0 Å². The molecule has 0 aromatic heterocycles. The first kappa shape index (κ1) is 32.5. The Kier molecular flexibility index (Phi) is 15.4. The number of hydrogen-bond donors (Lipinski definition) is 5. The first-order valence-corrected chi connectivity index (χ1v) is 13.5. The van der Waals surface area contributed by atoms with Gasteiger partial charge in [0.1, 0.15) is 12.2 Å². The van der Waals surface area contributed by atoms with Gasteiger partial charge in [0.2, 0.25) is 0 Å². The predicted octanol–water partition coefficient (Wildman–Crippen LogP) is 3.82. The Morgan fingerprint density at radius 1 is 0.972 bits per heavy atom. The lowest BCUT2D eigenvalue weighted by atomic mass is 9.89. The summed E-state index contributed by atoms with van der Waals surface area (Å²) in [5.41, 5.74) is 1.25. The van der Waals surface area contributed by atoms with Gasteiger partial charge < -0.3 is 30.3 Å². The number of hydrogen-bond acceptors (Lipinski definition) is 7. The van der Waals surface area contributed by atoms with E-state index in [2.05, 4.69) is 45.1 Å². The monoisotopic (exact) mass is 510 g/mol. The van der Waals surface area contributed by atoms with Gasteiger partial charge in [-0.25, -0.2) is 0 Å². The summed E-state index contributed by atoms with van der Waals surface area (Å²) in [7, 11) is 0. The summed E-state index contributed by atoms with van der Waals surface area (Å²) in [6.07, 6.45) is 7.09.